The Morgan fingerprint density at radius 1 is 1.08 bits per heavy atom. The van der Waals surface area contributed by atoms with Gasteiger partial charge in [-0.3, -0.25) is 14.4 Å². The predicted molar refractivity (Wildman–Crippen MR) is 139 cm³/mol. The second-order valence-corrected chi connectivity index (χ2v) is 10.4. The number of carbonyl (C=O) groups is 1. The number of aryl methyl sites for hydroxylation is 1. The van der Waals surface area contributed by atoms with Crippen molar-refractivity contribution in [1.82, 2.24) is 10.2 Å². The Morgan fingerprint density at radius 3 is 2.49 bits per heavy atom. The van der Waals surface area contributed by atoms with Gasteiger partial charge in [-0.1, -0.05) is 24.3 Å². The number of nitrogens with zero attached hydrogens (tertiary/aromatic N) is 1. The summed E-state index contributed by atoms with van der Waals surface area (Å²) in [5.41, 5.74) is 1.89. The Bertz CT molecular complexity index is 1340. The summed E-state index contributed by atoms with van der Waals surface area (Å²) < 4.78 is 52.5. The molecule has 37 heavy (non-hydrogen) atoms. The van der Waals surface area contributed by atoms with Crippen LogP contribution in [0.5, 0.6) is 5.75 Å². The van der Waals surface area contributed by atoms with Gasteiger partial charge in [0.1, 0.15) is 11.6 Å². The third-order valence-corrected chi connectivity index (χ3v) is 7.65. The van der Waals surface area contributed by atoms with Crippen molar-refractivity contribution in [3.8, 4) is 5.75 Å². The molecule has 10 heteroatoms. The van der Waals surface area contributed by atoms with Gasteiger partial charge >= 0.3 is 0 Å². The van der Waals surface area contributed by atoms with E-state index in [9.17, 15) is 17.6 Å². The lowest BCUT2D eigenvalue weighted by molar-refractivity contribution is 0.0162. The Balaban J connectivity index is 1.47. The molecule has 3 aromatic carbocycles. The van der Waals surface area contributed by atoms with E-state index in [1.165, 1.54) is 24.3 Å². The van der Waals surface area contributed by atoms with Crippen molar-refractivity contribution in [2.75, 3.05) is 44.7 Å². The molecule has 4 rings (SSSR count). The largest absolute Gasteiger partial charge is 0.497 e. The number of nitrogens with one attached hydrogen (secondary N) is 2. The molecule has 1 heterocycles. The molecule has 1 amide bonds. The van der Waals surface area contributed by atoms with Crippen LogP contribution in [0.2, 0.25) is 0 Å². The number of benzene rings is 3. The smallest absolute Gasteiger partial charge is 0.261 e. The van der Waals surface area contributed by atoms with Crippen molar-refractivity contribution >= 4 is 21.6 Å². The Hall–Kier alpha value is -3.47. The number of morpholine rings is 1. The quantitative estimate of drug-likeness (QED) is 0.440. The van der Waals surface area contributed by atoms with Crippen molar-refractivity contribution in [3.05, 3.63) is 89.2 Å². The van der Waals surface area contributed by atoms with Crippen LogP contribution in [0.4, 0.5) is 10.1 Å². The van der Waals surface area contributed by atoms with E-state index in [2.05, 4.69) is 14.9 Å². The Kier molecular flexibility index (Phi) is 8.42. The molecule has 1 aliphatic heterocycles. The number of rotatable bonds is 9. The van der Waals surface area contributed by atoms with Gasteiger partial charge in [-0.05, 0) is 60.5 Å². The second-order valence-electron chi connectivity index (χ2n) is 8.74. The van der Waals surface area contributed by atoms with Crippen LogP contribution in [0, 0.1) is 12.7 Å². The predicted octanol–water partition coefficient (Wildman–Crippen LogP) is 3.75. The molecule has 0 spiro atoms. The van der Waals surface area contributed by atoms with E-state index in [0.29, 0.717) is 30.9 Å². The molecule has 0 saturated carbocycles. The Labute approximate surface area is 216 Å². The van der Waals surface area contributed by atoms with Gasteiger partial charge in [-0.25, -0.2) is 12.8 Å². The van der Waals surface area contributed by atoms with E-state index in [-0.39, 0.29) is 22.5 Å². The van der Waals surface area contributed by atoms with Crippen LogP contribution in [0.3, 0.4) is 0 Å². The van der Waals surface area contributed by atoms with Crippen molar-refractivity contribution in [3.63, 3.8) is 0 Å². The van der Waals surface area contributed by atoms with Gasteiger partial charge in [0.15, 0.2) is 0 Å². The standard InChI is InChI=1S/C27H30FN3O5S/c1-19-6-11-24(17-25(19)28)37(33,34)30-22-5-3-4-21(16-22)27(32)29-18-26(31-12-14-36-15-13-31)20-7-9-23(35-2)10-8-20/h3-11,16-17,26,30H,12-15,18H2,1-2H3,(H,29,32)/t26-/m0/s1. The van der Waals surface area contributed by atoms with Gasteiger partial charge in [0.05, 0.1) is 31.3 Å². The lowest BCUT2D eigenvalue weighted by Crippen LogP contribution is -2.43. The van der Waals surface area contributed by atoms with Crippen molar-refractivity contribution in [2.45, 2.75) is 17.9 Å². The molecule has 1 saturated heterocycles. The second kappa shape index (κ2) is 11.7. The highest BCUT2D eigenvalue weighted by Gasteiger charge is 2.24. The molecule has 0 unspecified atom stereocenters. The maximum Gasteiger partial charge on any atom is 0.261 e. The first-order valence-corrected chi connectivity index (χ1v) is 13.4. The fourth-order valence-electron chi connectivity index (χ4n) is 4.14. The average molecular weight is 528 g/mol. The molecule has 1 atom stereocenters. The lowest BCUT2D eigenvalue weighted by atomic mass is 10.0. The SMILES string of the molecule is COc1ccc([C@H](CNC(=O)c2cccc(NS(=O)(=O)c3ccc(C)c(F)c3)c2)N2CCOCC2)cc1. The number of anilines is 1. The first kappa shape index (κ1) is 26.6. The summed E-state index contributed by atoms with van der Waals surface area (Å²) in [7, 11) is -2.41. The monoisotopic (exact) mass is 527 g/mol. The zero-order valence-corrected chi connectivity index (χ0v) is 21.6. The van der Waals surface area contributed by atoms with Crippen LogP contribution >= 0.6 is 0 Å². The normalized spacial score (nSPS) is 15.1. The molecule has 3 aromatic rings. The van der Waals surface area contributed by atoms with E-state index in [1.54, 1.807) is 26.2 Å². The molecule has 0 bridgehead atoms. The summed E-state index contributed by atoms with van der Waals surface area (Å²) in [6.45, 7) is 4.62. The summed E-state index contributed by atoms with van der Waals surface area (Å²) >= 11 is 0. The number of sulfonamides is 1. The van der Waals surface area contributed by atoms with Crippen LogP contribution in [-0.4, -0.2) is 59.2 Å². The topological polar surface area (TPSA) is 97.0 Å². The van der Waals surface area contributed by atoms with Crippen molar-refractivity contribution in [1.29, 1.82) is 0 Å². The fraction of sp³-hybridized carbons (Fsp3) is 0.296. The average Bonchev–Trinajstić information content (AvgIpc) is 2.91. The molecular formula is C27H30FN3O5S. The maximum atomic E-state index is 13.9. The van der Waals surface area contributed by atoms with Crippen molar-refractivity contribution < 1.29 is 27.1 Å². The molecule has 196 valence electrons. The molecule has 0 radical (unpaired) electrons. The van der Waals surface area contributed by atoms with Crippen LogP contribution in [-0.2, 0) is 14.8 Å². The molecule has 8 nitrogen and oxygen atoms in total. The fourth-order valence-corrected chi connectivity index (χ4v) is 5.20. The molecule has 0 aliphatic carbocycles. The number of ether oxygens (including phenoxy) is 2. The van der Waals surface area contributed by atoms with Gasteiger partial charge < -0.3 is 14.8 Å². The zero-order chi connectivity index (χ0) is 26.4. The third-order valence-electron chi connectivity index (χ3n) is 6.27. The van der Waals surface area contributed by atoms with Crippen LogP contribution < -0.4 is 14.8 Å². The molecule has 0 aromatic heterocycles. The maximum absolute atomic E-state index is 13.9. The van der Waals surface area contributed by atoms with Gasteiger partial charge in [-0.15, -0.1) is 0 Å². The summed E-state index contributed by atoms with van der Waals surface area (Å²) in [6, 6.07) is 17.6. The summed E-state index contributed by atoms with van der Waals surface area (Å²) in [5, 5.41) is 2.98. The zero-order valence-electron chi connectivity index (χ0n) is 20.7. The van der Waals surface area contributed by atoms with E-state index in [0.717, 1.165) is 30.5 Å². The van der Waals surface area contributed by atoms with Gasteiger partial charge in [0.25, 0.3) is 15.9 Å². The van der Waals surface area contributed by atoms with Gasteiger partial charge in [-0.2, -0.15) is 0 Å². The number of amides is 1. The summed E-state index contributed by atoms with van der Waals surface area (Å²) in [5.74, 6) is -0.196. The minimum atomic E-state index is -4.03. The third kappa shape index (κ3) is 6.65. The number of hydrogen-bond donors (Lipinski definition) is 2. The minimum Gasteiger partial charge on any atom is -0.497 e. The molecule has 1 fully saturated rings. The highest BCUT2D eigenvalue weighted by atomic mass is 32.2. The molecule has 1 aliphatic rings. The lowest BCUT2D eigenvalue weighted by Gasteiger charge is -2.35. The number of methoxy groups -OCH3 is 1. The van der Waals surface area contributed by atoms with E-state index in [4.69, 9.17) is 9.47 Å². The number of hydrogen-bond acceptors (Lipinski definition) is 6. The van der Waals surface area contributed by atoms with Gasteiger partial charge in [0, 0.05) is 30.9 Å². The van der Waals surface area contributed by atoms with Crippen LogP contribution in [0.15, 0.2) is 71.6 Å². The highest BCUT2D eigenvalue weighted by Crippen LogP contribution is 2.24. The Morgan fingerprint density at radius 2 is 1.81 bits per heavy atom. The first-order chi connectivity index (χ1) is 17.8. The van der Waals surface area contributed by atoms with Crippen LogP contribution in [0.25, 0.3) is 0 Å². The first-order valence-electron chi connectivity index (χ1n) is 11.9. The number of halogens is 1. The molecular weight excluding hydrogens is 497 g/mol. The summed E-state index contributed by atoms with van der Waals surface area (Å²) in [6.07, 6.45) is 0. The van der Waals surface area contributed by atoms with Crippen LogP contribution in [0.1, 0.15) is 27.5 Å². The number of carbonyl (C=O) groups excluding carboxylic acids is 1. The summed E-state index contributed by atoms with van der Waals surface area (Å²) in [4.78, 5) is 15.1. The van der Waals surface area contributed by atoms with E-state index < -0.39 is 15.8 Å². The highest BCUT2D eigenvalue weighted by molar-refractivity contribution is 7.92. The minimum absolute atomic E-state index is 0.0723. The van der Waals surface area contributed by atoms with E-state index >= 15 is 0 Å². The van der Waals surface area contributed by atoms with E-state index in [1.807, 2.05) is 24.3 Å². The van der Waals surface area contributed by atoms with Gasteiger partial charge in [0.2, 0.25) is 0 Å². The van der Waals surface area contributed by atoms with Crippen molar-refractivity contribution in [2.24, 2.45) is 0 Å². The molecule has 2 N–H and O–H groups in total.